The molecular formula is C17H30O3. The second kappa shape index (κ2) is 19.6. The fourth-order valence-electron chi connectivity index (χ4n) is 0.673. The molecular weight excluding hydrogens is 252 g/mol. The van der Waals surface area contributed by atoms with E-state index in [9.17, 15) is 14.4 Å². The fraction of sp³-hybridized carbons (Fsp3) is 0.471. The molecule has 0 spiro atoms. The third kappa shape index (κ3) is 36.0. The van der Waals surface area contributed by atoms with Gasteiger partial charge in [0, 0.05) is 5.56 Å². The van der Waals surface area contributed by atoms with Crippen molar-refractivity contribution in [3.63, 3.8) is 0 Å². The van der Waals surface area contributed by atoms with E-state index >= 15 is 0 Å². The van der Waals surface area contributed by atoms with Gasteiger partial charge in [-0.05, 0) is 34.6 Å². The third-order valence-electron chi connectivity index (χ3n) is 1.18. The van der Waals surface area contributed by atoms with Gasteiger partial charge in [-0.3, -0.25) is 4.79 Å². The minimum absolute atomic E-state index is 0. The summed E-state index contributed by atoms with van der Waals surface area (Å²) in [6.45, 7) is 11.7. The van der Waals surface area contributed by atoms with Crippen molar-refractivity contribution in [1.82, 2.24) is 0 Å². The van der Waals surface area contributed by atoms with Gasteiger partial charge in [-0.1, -0.05) is 51.6 Å². The quantitative estimate of drug-likeness (QED) is 0.699. The maximum absolute atomic E-state index is 10.6. The highest BCUT2D eigenvalue weighted by atomic mass is 16.1. The maximum Gasteiger partial charge on any atom is 0.159 e. The molecule has 0 saturated heterocycles. The van der Waals surface area contributed by atoms with Crippen LogP contribution in [-0.4, -0.2) is 17.3 Å². The third-order valence-corrected chi connectivity index (χ3v) is 1.18. The first kappa shape index (κ1) is 26.7. The van der Waals surface area contributed by atoms with Gasteiger partial charge in [-0.2, -0.15) is 0 Å². The largest absolute Gasteiger partial charge is 0.300 e. The number of carbonyl (C=O) groups excluding carboxylic acids is 3. The van der Waals surface area contributed by atoms with Gasteiger partial charge in [-0.25, -0.2) is 0 Å². The van der Waals surface area contributed by atoms with E-state index in [4.69, 9.17) is 0 Å². The average Bonchev–Trinajstić information content (AvgIpc) is 2.31. The van der Waals surface area contributed by atoms with Crippen LogP contribution in [0.2, 0.25) is 0 Å². The van der Waals surface area contributed by atoms with Crippen molar-refractivity contribution >= 4 is 17.3 Å². The summed E-state index contributed by atoms with van der Waals surface area (Å²) in [6, 6.07) is 9.23. The molecule has 0 aliphatic heterocycles. The van der Waals surface area contributed by atoms with Crippen molar-refractivity contribution in [2.75, 3.05) is 0 Å². The highest BCUT2D eigenvalue weighted by Gasteiger charge is 1.92. The monoisotopic (exact) mass is 282 g/mol. The minimum Gasteiger partial charge on any atom is -0.300 e. The summed E-state index contributed by atoms with van der Waals surface area (Å²) >= 11 is 0. The molecule has 1 rings (SSSR count). The summed E-state index contributed by atoms with van der Waals surface area (Å²) in [7, 11) is 0. The van der Waals surface area contributed by atoms with Crippen molar-refractivity contribution < 1.29 is 14.4 Å². The van der Waals surface area contributed by atoms with Crippen molar-refractivity contribution in [2.24, 2.45) is 0 Å². The highest BCUT2D eigenvalue weighted by molar-refractivity contribution is 5.93. The molecule has 0 atom stereocenters. The van der Waals surface area contributed by atoms with Gasteiger partial charge in [0.2, 0.25) is 0 Å². The Morgan fingerprint density at radius 2 is 0.950 bits per heavy atom. The van der Waals surface area contributed by atoms with Crippen molar-refractivity contribution in [3.05, 3.63) is 35.9 Å². The van der Waals surface area contributed by atoms with Crippen LogP contribution in [0.25, 0.3) is 0 Å². The van der Waals surface area contributed by atoms with E-state index in [1.54, 1.807) is 6.92 Å². The maximum atomic E-state index is 10.6. The lowest BCUT2D eigenvalue weighted by Gasteiger charge is -1.89. The first-order chi connectivity index (χ1) is 8.77. The molecule has 3 heteroatoms. The summed E-state index contributed by atoms with van der Waals surface area (Å²) < 4.78 is 0. The fourth-order valence-corrected chi connectivity index (χ4v) is 0.673. The van der Waals surface area contributed by atoms with E-state index in [0.29, 0.717) is 0 Å². The molecule has 1 aromatic carbocycles. The molecule has 0 fully saturated rings. The minimum atomic E-state index is 0. The van der Waals surface area contributed by atoms with Gasteiger partial charge < -0.3 is 9.59 Å². The zero-order valence-electron chi connectivity index (χ0n) is 13.1. The molecule has 0 saturated carbocycles. The number of rotatable bonds is 1. The molecule has 116 valence electrons. The topological polar surface area (TPSA) is 51.2 Å². The van der Waals surface area contributed by atoms with E-state index in [0.717, 1.165) is 5.56 Å². The van der Waals surface area contributed by atoms with Crippen molar-refractivity contribution in [2.45, 2.75) is 55.9 Å². The predicted molar refractivity (Wildman–Crippen MR) is 87.2 cm³/mol. The number of benzene rings is 1. The summed E-state index contributed by atoms with van der Waals surface area (Å²) in [5, 5.41) is 0. The number of hydrogen-bond donors (Lipinski definition) is 0. The van der Waals surface area contributed by atoms with Gasteiger partial charge in [0.05, 0.1) is 0 Å². The van der Waals surface area contributed by atoms with Crippen LogP contribution >= 0.6 is 0 Å². The van der Waals surface area contributed by atoms with Crippen LogP contribution in [-0.2, 0) is 9.59 Å². The Morgan fingerprint density at radius 3 is 1.10 bits per heavy atom. The van der Waals surface area contributed by atoms with Gasteiger partial charge in [0.15, 0.2) is 5.78 Å². The number of Topliss-reactive ketones (excluding diaryl/α,β-unsaturated/α-hetero) is 3. The lowest BCUT2D eigenvalue weighted by Crippen LogP contribution is -1.88. The molecule has 0 aliphatic carbocycles. The van der Waals surface area contributed by atoms with E-state index < -0.39 is 0 Å². The smallest absolute Gasteiger partial charge is 0.159 e. The highest BCUT2D eigenvalue weighted by Crippen LogP contribution is 1.97. The van der Waals surface area contributed by atoms with Crippen LogP contribution in [0.5, 0.6) is 0 Å². The van der Waals surface area contributed by atoms with Gasteiger partial charge in [0.1, 0.15) is 11.6 Å². The van der Waals surface area contributed by atoms with Crippen LogP contribution in [0.4, 0.5) is 0 Å². The normalized spacial score (nSPS) is 6.95. The summed E-state index contributed by atoms with van der Waals surface area (Å²) in [6.07, 6.45) is 0. The van der Waals surface area contributed by atoms with E-state index in [-0.39, 0.29) is 24.8 Å². The molecule has 3 nitrogen and oxygen atoms in total. The van der Waals surface area contributed by atoms with Gasteiger partial charge in [0.25, 0.3) is 0 Å². The molecule has 0 amide bonds. The van der Waals surface area contributed by atoms with Gasteiger partial charge in [-0.15, -0.1) is 0 Å². The molecule has 0 aliphatic rings. The predicted octanol–water partition coefficient (Wildman–Crippen LogP) is 4.74. The van der Waals surface area contributed by atoms with Crippen LogP contribution in [0.1, 0.15) is 66.3 Å². The van der Waals surface area contributed by atoms with Crippen LogP contribution in [0, 0.1) is 0 Å². The summed E-state index contributed by atoms with van der Waals surface area (Å²) in [4.78, 5) is 29.5. The van der Waals surface area contributed by atoms with Gasteiger partial charge >= 0.3 is 0 Å². The molecule has 0 heterocycles. The lowest BCUT2D eigenvalue weighted by atomic mass is 10.2. The zero-order valence-corrected chi connectivity index (χ0v) is 13.1. The van der Waals surface area contributed by atoms with Crippen molar-refractivity contribution in [1.29, 1.82) is 0 Å². The average molecular weight is 282 g/mol. The second-order valence-corrected chi connectivity index (χ2v) is 3.74. The Hall–Kier alpha value is -1.77. The second-order valence-electron chi connectivity index (χ2n) is 3.74. The Bertz CT molecular complexity index is 334. The van der Waals surface area contributed by atoms with E-state index in [2.05, 4.69) is 0 Å². The number of hydrogen-bond acceptors (Lipinski definition) is 3. The van der Waals surface area contributed by atoms with Crippen LogP contribution in [0.15, 0.2) is 30.3 Å². The molecule has 0 bridgehead atoms. The Morgan fingerprint density at radius 1 is 0.700 bits per heavy atom. The summed E-state index contributed by atoms with van der Waals surface area (Å²) in [5.74, 6) is 0.454. The molecule has 0 aromatic heterocycles. The molecule has 0 radical (unpaired) electrons. The number of ketones is 3. The summed E-state index contributed by atoms with van der Waals surface area (Å²) in [5.41, 5.74) is 0.775. The zero-order chi connectivity index (χ0) is 15.8. The first-order valence-electron chi connectivity index (χ1n) is 6.27. The first-order valence-corrected chi connectivity index (χ1v) is 6.27. The van der Waals surface area contributed by atoms with E-state index in [1.807, 2.05) is 44.2 Å². The SMILES string of the molecule is C.CC.CC(=O)c1ccccc1.CC(C)=O.CC(C)=O. The van der Waals surface area contributed by atoms with Crippen molar-refractivity contribution in [3.8, 4) is 0 Å². The Labute approximate surface area is 124 Å². The Balaban J connectivity index is -0.0000000999. The number of carbonyl (C=O) groups is 3. The molecule has 0 unspecified atom stereocenters. The Kier molecular flexibility index (Phi) is 26.1. The van der Waals surface area contributed by atoms with Crippen LogP contribution < -0.4 is 0 Å². The standard InChI is InChI=1S/C8H8O.2C3H6O.C2H6.CH4/c1-7(9)8-5-3-2-4-6-8;2*1-3(2)4;1-2;/h2-6H,1H3;2*1-2H3;1-2H3;1H4. The van der Waals surface area contributed by atoms with E-state index in [1.165, 1.54) is 27.7 Å². The molecule has 1 aromatic rings. The molecule has 0 N–H and O–H groups in total. The lowest BCUT2D eigenvalue weighted by molar-refractivity contribution is -0.115. The molecule has 20 heavy (non-hydrogen) atoms. The van der Waals surface area contributed by atoms with Crippen LogP contribution in [0.3, 0.4) is 0 Å².